The van der Waals surface area contributed by atoms with Crippen LogP contribution in [0.2, 0.25) is 0 Å². The molecule has 0 aliphatic carbocycles. The van der Waals surface area contributed by atoms with E-state index in [1.165, 1.54) is 0 Å². The highest BCUT2D eigenvalue weighted by molar-refractivity contribution is 5.72. The second-order valence-electron chi connectivity index (χ2n) is 7.65. The zero-order valence-electron chi connectivity index (χ0n) is 16.7. The molecule has 0 spiro atoms. The lowest BCUT2D eigenvalue weighted by Crippen LogP contribution is -2.39. The van der Waals surface area contributed by atoms with E-state index >= 15 is 0 Å². The van der Waals surface area contributed by atoms with Crippen LogP contribution in [0.1, 0.15) is 52.9 Å². The zero-order valence-corrected chi connectivity index (χ0v) is 16.7. The summed E-state index contributed by atoms with van der Waals surface area (Å²) in [5.41, 5.74) is -0.317. The van der Waals surface area contributed by atoms with Gasteiger partial charge < -0.3 is 23.7 Å². The molecule has 0 aromatic rings. The Kier molecular flexibility index (Phi) is 9.33. The average molecular weight is 373 g/mol. The molecule has 0 saturated carbocycles. The molecule has 2 rings (SSSR count). The topological polar surface area (TPSA) is 69.8 Å². The summed E-state index contributed by atoms with van der Waals surface area (Å²) in [5.74, 6) is -0.0964. The van der Waals surface area contributed by atoms with E-state index in [9.17, 15) is 4.79 Å². The van der Waals surface area contributed by atoms with Crippen molar-refractivity contribution < 1.29 is 28.5 Å². The van der Waals surface area contributed by atoms with Crippen molar-refractivity contribution in [1.82, 2.24) is 0 Å². The van der Waals surface area contributed by atoms with Crippen LogP contribution < -0.4 is 0 Å². The molecule has 3 atom stereocenters. The van der Waals surface area contributed by atoms with Crippen molar-refractivity contribution in [3.05, 3.63) is 0 Å². The highest BCUT2D eigenvalue weighted by atomic mass is 16.6. The van der Waals surface area contributed by atoms with E-state index in [1.807, 2.05) is 6.92 Å². The Bertz CT molecular complexity index is 387. The quantitative estimate of drug-likeness (QED) is 0.306. The summed E-state index contributed by atoms with van der Waals surface area (Å²) in [4.78, 5) is 12.5. The van der Waals surface area contributed by atoms with Gasteiger partial charge in [-0.25, -0.2) is 0 Å². The summed E-state index contributed by atoms with van der Waals surface area (Å²) in [6.07, 6.45) is 5.15. The largest absolute Gasteiger partial charge is 0.465 e. The first-order chi connectivity index (χ1) is 12.6. The van der Waals surface area contributed by atoms with Crippen LogP contribution in [-0.2, 0) is 28.5 Å². The van der Waals surface area contributed by atoms with Crippen LogP contribution >= 0.6 is 0 Å². The van der Waals surface area contributed by atoms with Gasteiger partial charge >= 0.3 is 5.97 Å². The molecule has 2 aliphatic rings. The Balaban J connectivity index is 1.83. The number of esters is 1. The van der Waals surface area contributed by atoms with Crippen LogP contribution in [0.3, 0.4) is 0 Å². The molecule has 0 bridgehead atoms. The van der Waals surface area contributed by atoms with Gasteiger partial charge in [-0.3, -0.25) is 4.79 Å². The summed E-state index contributed by atoms with van der Waals surface area (Å²) < 4.78 is 27.8. The van der Waals surface area contributed by atoms with E-state index in [4.69, 9.17) is 23.7 Å². The maximum atomic E-state index is 12.5. The molecule has 6 heteroatoms. The van der Waals surface area contributed by atoms with Gasteiger partial charge in [-0.15, -0.1) is 0 Å². The van der Waals surface area contributed by atoms with Gasteiger partial charge in [0.05, 0.1) is 51.0 Å². The molecule has 0 amide bonds. The number of rotatable bonds is 16. The second kappa shape index (κ2) is 11.2. The van der Waals surface area contributed by atoms with E-state index < -0.39 is 0 Å². The van der Waals surface area contributed by atoms with Gasteiger partial charge in [-0.2, -0.15) is 0 Å². The van der Waals surface area contributed by atoms with E-state index in [1.54, 1.807) is 0 Å². The average Bonchev–Trinajstić information content (AvgIpc) is 3.55. The van der Waals surface area contributed by atoms with Crippen LogP contribution in [0.15, 0.2) is 0 Å². The number of hydrogen-bond acceptors (Lipinski definition) is 6. The molecule has 3 unspecified atom stereocenters. The standard InChI is InChI=1S/C20H36O6/c1-4-7-8-16(5-2)19(21)26-15-20(6-3,13-22-9-17-11-24-17)14-23-10-18-12-25-18/h16-18H,4-15H2,1-3H3. The summed E-state index contributed by atoms with van der Waals surface area (Å²) in [5, 5.41) is 0. The first-order valence-electron chi connectivity index (χ1n) is 10.2. The molecule has 2 aliphatic heterocycles. The number of carbonyl (C=O) groups is 1. The van der Waals surface area contributed by atoms with Gasteiger partial charge in [-0.05, 0) is 19.3 Å². The van der Waals surface area contributed by atoms with E-state index in [-0.39, 0.29) is 29.5 Å². The van der Waals surface area contributed by atoms with Gasteiger partial charge in [0.25, 0.3) is 0 Å². The normalized spacial score (nSPS) is 24.7. The fraction of sp³-hybridized carbons (Fsp3) is 0.950. The third-order valence-corrected chi connectivity index (χ3v) is 5.23. The lowest BCUT2D eigenvalue weighted by molar-refractivity contribution is -0.157. The zero-order chi connectivity index (χ0) is 18.8. The number of carbonyl (C=O) groups excluding carboxylic acids is 1. The number of ether oxygens (including phenoxy) is 5. The molecule has 0 aromatic carbocycles. The van der Waals surface area contributed by atoms with Gasteiger partial charge in [0.15, 0.2) is 0 Å². The highest BCUT2D eigenvalue weighted by Crippen LogP contribution is 2.27. The van der Waals surface area contributed by atoms with Crippen LogP contribution in [0.4, 0.5) is 0 Å². The highest BCUT2D eigenvalue weighted by Gasteiger charge is 2.34. The van der Waals surface area contributed by atoms with Gasteiger partial charge in [-0.1, -0.05) is 33.6 Å². The Labute approximate surface area is 157 Å². The summed E-state index contributed by atoms with van der Waals surface area (Å²) in [6, 6.07) is 0. The van der Waals surface area contributed by atoms with Gasteiger partial charge in [0, 0.05) is 0 Å². The fourth-order valence-electron chi connectivity index (χ4n) is 2.85. The fourth-order valence-corrected chi connectivity index (χ4v) is 2.85. The minimum absolute atomic E-state index is 0.00827. The number of hydrogen-bond donors (Lipinski definition) is 0. The lowest BCUT2D eigenvalue weighted by Gasteiger charge is -2.32. The maximum Gasteiger partial charge on any atom is 0.308 e. The summed E-state index contributed by atoms with van der Waals surface area (Å²) in [7, 11) is 0. The van der Waals surface area contributed by atoms with Crippen LogP contribution in [0, 0.1) is 11.3 Å². The predicted octanol–water partition coefficient (Wildman–Crippen LogP) is 2.97. The Morgan fingerprint density at radius 1 is 1.04 bits per heavy atom. The minimum atomic E-state index is -0.317. The van der Waals surface area contributed by atoms with Gasteiger partial charge in [0.2, 0.25) is 0 Å². The molecule has 2 fully saturated rings. The molecule has 0 radical (unpaired) electrons. The van der Waals surface area contributed by atoms with Crippen molar-refractivity contribution in [2.45, 2.75) is 65.1 Å². The summed E-state index contributed by atoms with van der Waals surface area (Å²) in [6.45, 7) is 10.4. The Morgan fingerprint density at radius 3 is 2.04 bits per heavy atom. The van der Waals surface area contributed by atoms with Crippen molar-refractivity contribution in [2.75, 3.05) is 46.2 Å². The molecule has 0 N–H and O–H groups in total. The Morgan fingerprint density at radius 2 is 1.62 bits per heavy atom. The third-order valence-electron chi connectivity index (χ3n) is 5.23. The smallest absolute Gasteiger partial charge is 0.308 e. The maximum absolute atomic E-state index is 12.5. The van der Waals surface area contributed by atoms with Crippen molar-refractivity contribution in [2.24, 2.45) is 11.3 Å². The van der Waals surface area contributed by atoms with Crippen molar-refractivity contribution in [3.8, 4) is 0 Å². The van der Waals surface area contributed by atoms with Crippen LogP contribution in [0.5, 0.6) is 0 Å². The van der Waals surface area contributed by atoms with Gasteiger partial charge in [0.1, 0.15) is 18.8 Å². The monoisotopic (exact) mass is 372 g/mol. The van der Waals surface area contributed by atoms with Crippen LogP contribution in [0.25, 0.3) is 0 Å². The Hall–Kier alpha value is -0.690. The first kappa shape index (κ1) is 21.6. The molecule has 6 nitrogen and oxygen atoms in total. The van der Waals surface area contributed by atoms with E-state index in [2.05, 4.69) is 13.8 Å². The molecule has 26 heavy (non-hydrogen) atoms. The second-order valence-corrected chi connectivity index (χ2v) is 7.65. The first-order valence-corrected chi connectivity index (χ1v) is 10.2. The third kappa shape index (κ3) is 7.91. The predicted molar refractivity (Wildman–Crippen MR) is 98.1 cm³/mol. The van der Waals surface area contributed by atoms with E-state index in [0.717, 1.165) is 45.3 Å². The molecule has 2 heterocycles. The number of unbranched alkanes of at least 4 members (excludes halogenated alkanes) is 1. The van der Waals surface area contributed by atoms with Crippen molar-refractivity contribution in [1.29, 1.82) is 0 Å². The number of epoxide rings is 2. The molecular formula is C20H36O6. The summed E-state index contributed by atoms with van der Waals surface area (Å²) >= 11 is 0. The molecule has 2 saturated heterocycles. The van der Waals surface area contributed by atoms with Crippen molar-refractivity contribution in [3.63, 3.8) is 0 Å². The van der Waals surface area contributed by atoms with E-state index in [0.29, 0.717) is 33.0 Å². The molecule has 152 valence electrons. The lowest BCUT2D eigenvalue weighted by atomic mass is 9.87. The van der Waals surface area contributed by atoms with Crippen LogP contribution in [-0.4, -0.2) is 64.4 Å². The minimum Gasteiger partial charge on any atom is -0.465 e. The molecule has 0 aromatic heterocycles. The SMILES string of the molecule is CCCCC(CC)C(=O)OCC(CC)(COCC1CO1)COCC1CO1. The molecular weight excluding hydrogens is 336 g/mol. The van der Waals surface area contributed by atoms with Crippen molar-refractivity contribution >= 4 is 5.97 Å².